The number of ether oxygens (including phenoxy) is 1. The minimum Gasteiger partial charge on any atom is -0.369 e. The topological polar surface area (TPSA) is 66.9 Å². The molecule has 0 bridgehead atoms. The van der Waals surface area contributed by atoms with Crippen LogP contribution < -0.4 is 0 Å². The number of likely N-dealkylation sites (N-methyl/N-ethyl adjacent to an activating group) is 1. The molecule has 0 radical (unpaired) electrons. The van der Waals surface area contributed by atoms with Crippen LogP contribution in [-0.2, 0) is 9.53 Å². The first-order valence-corrected chi connectivity index (χ1v) is 8.59. The number of imide groups is 1. The fraction of sp³-hybridized carbons (Fsp3) is 0.526. The second-order valence-electron chi connectivity index (χ2n) is 6.97. The average Bonchev–Trinajstić information content (AvgIpc) is 2.84. The Hall–Kier alpha value is -2.21. The third-order valence-corrected chi connectivity index (χ3v) is 4.35. The van der Waals surface area contributed by atoms with Crippen LogP contribution >= 0.6 is 0 Å². The second-order valence-corrected chi connectivity index (χ2v) is 6.97. The summed E-state index contributed by atoms with van der Waals surface area (Å²) >= 11 is 0. The van der Waals surface area contributed by atoms with Gasteiger partial charge in [-0.15, -0.1) is 0 Å². The number of nitrogens with zero attached hydrogens (tertiary/aromatic N) is 2. The van der Waals surface area contributed by atoms with E-state index in [0.717, 1.165) is 12.8 Å². The highest BCUT2D eigenvalue weighted by molar-refractivity contribution is 6.21. The molecule has 6 heteroatoms. The fourth-order valence-corrected chi connectivity index (χ4v) is 2.82. The molecule has 0 spiro atoms. The average molecular weight is 346 g/mol. The van der Waals surface area contributed by atoms with Crippen LogP contribution in [0.1, 0.15) is 54.3 Å². The van der Waals surface area contributed by atoms with Gasteiger partial charge in [0.05, 0.1) is 23.3 Å². The molecular weight excluding hydrogens is 320 g/mol. The Labute approximate surface area is 148 Å². The Balaban J connectivity index is 1.95. The summed E-state index contributed by atoms with van der Waals surface area (Å²) in [4.78, 5) is 40.0. The van der Waals surface area contributed by atoms with Crippen molar-refractivity contribution in [3.8, 4) is 0 Å². The van der Waals surface area contributed by atoms with Crippen LogP contribution in [0.5, 0.6) is 0 Å². The molecule has 1 aromatic carbocycles. The second kappa shape index (κ2) is 7.78. The number of fused-ring (bicyclic) bond motifs is 1. The van der Waals surface area contributed by atoms with Gasteiger partial charge in [0.25, 0.3) is 11.8 Å². The standard InChI is InChI=1S/C19H26N2O4/c1-5-6-11-20(4)16(22)12-25-13-19(2,3)21-17(23)14-9-7-8-10-15(14)18(21)24/h7-10H,5-6,11-13H2,1-4H3. The van der Waals surface area contributed by atoms with Gasteiger partial charge in [-0.3, -0.25) is 19.3 Å². The third kappa shape index (κ3) is 4.07. The van der Waals surface area contributed by atoms with Crippen LogP contribution in [0.3, 0.4) is 0 Å². The fourth-order valence-electron chi connectivity index (χ4n) is 2.82. The summed E-state index contributed by atoms with van der Waals surface area (Å²) < 4.78 is 5.53. The van der Waals surface area contributed by atoms with E-state index in [4.69, 9.17) is 4.74 Å². The molecule has 25 heavy (non-hydrogen) atoms. The molecule has 0 fully saturated rings. The first-order valence-electron chi connectivity index (χ1n) is 8.59. The normalized spacial score (nSPS) is 14.0. The number of carbonyl (C=O) groups excluding carboxylic acids is 3. The maximum absolute atomic E-state index is 12.6. The van der Waals surface area contributed by atoms with E-state index >= 15 is 0 Å². The van der Waals surface area contributed by atoms with Gasteiger partial charge in [-0.25, -0.2) is 0 Å². The molecule has 0 atom stereocenters. The van der Waals surface area contributed by atoms with Crippen LogP contribution in [-0.4, -0.2) is 59.9 Å². The minimum atomic E-state index is -0.838. The maximum Gasteiger partial charge on any atom is 0.262 e. The molecule has 6 nitrogen and oxygen atoms in total. The smallest absolute Gasteiger partial charge is 0.262 e. The summed E-state index contributed by atoms with van der Waals surface area (Å²) in [6.45, 7) is 6.33. The molecule has 136 valence electrons. The zero-order valence-electron chi connectivity index (χ0n) is 15.4. The van der Waals surface area contributed by atoms with Gasteiger partial charge in [-0.05, 0) is 32.4 Å². The van der Waals surface area contributed by atoms with E-state index in [1.54, 1.807) is 50.1 Å². The highest BCUT2D eigenvalue weighted by atomic mass is 16.5. The van der Waals surface area contributed by atoms with Gasteiger partial charge in [0.1, 0.15) is 6.61 Å². The van der Waals surface area contributed by atoms with Gasteiger partial charge in [0.15, 0.2) is 0 Å². The van der Waals surface area contributed by atoms with Crippen LogP contribution in [0.25, 0.3) is 0 Å². The summed E-state index contributed by atoms with van der Waals surface area (Å²) in [5.74, 6) is -0.743. The van der Waals surface area contributed by atoms with E-state index < -0.39 is 5.54 Å². The number of hydrogen-bond donors (Lipinski definition) is 0. The van der Waals surface area contributed by atoms with Crippen molar-refractivity contribution < 1.29 is 19.1 Å². The molecule has 3 amide bonds. The number of unbranched alkanes of at least 4 members (excludes halogenated alkanes) is 1. The van der Waals surface area contributed by atoms with E-state index in [-0.39, 0.29) is 30.9 Å². The Morgan fingerprint density at radius 3 is 2.24 bits per heavy atom. The zero-order valence-corrected chi connectivity index (χ0v) is 15.4. The summed E-state index contributed by atoms with van der Waals surface area (Å²) in [5, 5.41) is 0. The van der Waals surface area contributed by atoms with Crippen molar-refractivity contribution in [2.24, 2.45) is 0 Å². The predicted octanol–water partition coefficient (Wildman–Crippen LogP) is 2.34. The van der Waals surface area contributed by atoms with Crippen molar-refractivity contribution in [2.75, 3.05) is 26.8 Å². The lowest BCUT2D eigenvalue weighted by Crippen LogP contribution is -2.51. The lowest BCUT2D eigenvalue weighted by Gasteiger charge is -2.33. The number of rotatable bonds is 8. The van der Waals surface area contributed by atoms with Crippen LogP contribution in [0, 0.1) is 0 Å². The molecule has 1 aromatic rings. The lowest BCUT2D eigenvalue weighted by molar-refractivity contribution is -0.135. The van der Waals surface area contributed by atoms with E-state index in [1.807, 2.05) is 0 Å². The molecule has 0 aromatic heterocycles. The van der Waals surface area contributed by atoms with E-state index in [9.17, 15) is 14.4 Å². The number of carbonyl (C=O) groups is 3. The summed E-state index contributed by atoms with van der Waals surface area (Å²) in [7, 11) is 1.75. The summed E-state index contributed by atoms with van der Waals surface area (Å²) in [5.41, 5.74) is -0.0120. The Morgan fingerprint density at radius 1 is 1.16 bits per heavy atom. The van der Waals surface area contributed by atoms with Gasteiger partial charge in [0.2, 0.25) is 5.91 Å². The van der Waals surface area contributed by atoms with Crippen LogP contribution in [0.15, 0.2) is 24.3 Å². The molecule has 0 unspecified atom stereocenters. The first-order chi connectivity index (χ1) is 11.8. The number of benzene rings is 1. The van der Waals surface area contributed by atoms with E-state index in [0.29, 0.717) is 17.7 Å². The Bertz CT molecular complexity index is 634. The molecule has 0 aliphatic carbocycles. The minimum absolute atomic E-state index is 0.0627. The number of amides is 3. The monoisotopic (exact) mass is 346 g/mol. The van der Waals surface area contributed by atoms with Crippen molar-refractivity contribution in [2.45, 2.75) is 39.2 Å². The molecule has 0 saturated carbocycles. The molecule has 0 N–H and O–H groups in total. The van der Waals surface area contributed by atoms with Gasteiger partial charge < -0.3 is 9.64 Å². The van der Waals surface area contributed by atoms with Crippen LogP contribution in [0.2, 0.25) is 0 Å². The highest BCUT2D eigenvalue weighted by Crippen LogP contribution is 2.29. The molecule has 2 rings (SSSR count). The van der Waals surface area contributed by atoms with Gasteiger partial charge >= 0.3 is 0 Å². The molecule has 0 saturated heterocycles. The van der Waals surface area contributed by atoms with Crippen molar-refractivity contribution in [3.63, 3.8) is 0 Å². The van der Waals surface area contributed by atoms with Crippen molar-refractivity contribution >= 4 is 17.7 Å². The molecule has 1 aliphatic rings. The van der Waals surface area contributed by atoms with Gasteiger partial charge in [-0.1, -0.05) is 25.5 Å². The third-order valence-electron chi connectivity index (χ3n) is 4.35. The van der Waals surface area contributed by atoms with Crippen LogP contribution in [0.4, 0.5) is 0 Å². The first kappa shape index (κ1) is 19.1. The SMILES string of the molecule is CCCCN(C)C(=O)COCC(C)(C)N1C(=O)c2ccccc2C1=O. The van der Waals surface area contributed by atoms with Crippen molar-refractivity contribution in [1.29, 1.82) is 0 Å². The van der Waals surface area contributed by atoms with E-state index in [2.05, 4.69) is 6.92 Å². The summed E-state index contributed by atoms with van der Waals surface area (Å²) in [6.07, 6.45) is 1.97. The quantitative estimate of drug-likeness (QED) is 0.678. The van der Waals surface area contributed by atoms with Crippen molar-refractivity contribution in [3.05, 3.63) is 35.4 Å². The predicted molar refractivity (Wildman–Crippen MR) is 94.4 cm³/mol. The van der Waals surface area contributed by atoms with Gasteiger partial charge in [0, 0.05) is 13.6 Å². The molecule has 1 heterocycles. The Morgan fingerprint density at radius 2 is 1.72 bits per heavy atom. The highest BCUT2D eigenvalue weighted by Gasteiger charge is 2.44. The molecule has 1 aliphatic heterocycles. The van der Waals surface area contributed by atoms with Gasteiger partial charge in [-0.2, -0.15) is 0 Å². The van der Waals surface area contributed by atoms with E-state index in [1.165, 1.54) is 4.90 Å². The van der Waals surface area contributed by atoms with Crippen molar-refractivity contribution in [1.82, 2.24) is 9.80 Å². The Kier molecular flexibility index (Phi) is 5.95. The lowest BCUT2D eigenvalue weighted by atomic mass is 10.0. The molecular formula is C19H26N2O4. The maximum atomic E-state index is 12.6. The summed E-state index contributed by atoms with van der Waals surface area (Å²) in [6, 6.07) is 6.78. The number of hydrogen-bond acceptors (Lipinski definition) is 4. The zero-order chi connectivity index (χ0) is 18.6. The largest absolute Gasteiger partial charge is 0.369 e.